The van der Waals surface area contributed by atoms with E-state index in [-0.39, 0.29) is 0 Å². The van der Waals surface area contributed by atoms with E-state index >= 15 is 0 Å². The van der Waals surface area contributed by atoms with Gasteiger partial charge in [-0.2, -0.15) is 0 Å². The molecule has 0 amide bonds. The van der Waals surface area contributed by atoms with Crippen LogP contribution in [0.15, 0.2) is 59.1 Å². The Hall–Kier alpha value is -1.60. The first kappa shape index (κ1) is 20.1. The Morgan fingerprint density at radius 1 is 1.00 bits per heavy atom. The lowest BCUT2D eigenvalue weighted by atomic mass is 10.2. The van der Waals surface area contributed by atoms with Crippen LogP contribution in [-0.4, -0.2) is 63.8 Å². The quantitative estimate of drug-likeness (QED) is 0.587. The number of aliphatic hydroxyl groups excluding tert-OH is 1. The fourth-order valence-corrected chi connectivity index (χ4v) is 3.55. The number of halogens is 1. The number of nitrogens with one attached hydrogen (secondary N) is 1. The molecule has 2 aromatic rings. The Kier molecular flexibility index (Phi) is 7.95. The molecule has 6 heteroatoms. The molecule has 3 rings (SSSR count). The first-order chi connectivity index (χ1) is 13.2. The number of benzene rings is 2. The molecule has 0 bridgehead atoms. The molecule has 1 fully saturated rings. The monoisotopic (exact) mass is 435 g/mol. The number of rotatable bonds is 9. The molecule has 2 aromatic carbocycles. The number of hydrogen-bond donors (Lipinski definition) is 2. The van der Waals surface area contributed by atoms with Gasteiger partial charge in [0.15, 0.2) is 0 Å². The second-order valence-corrected chi connectivity index (χ2v) is 7.72. The van der Waals surface area contributed by atoms with Gasteiger partial charge in [-0.25, -0.2) is 0 Å². The highest BCUT2D eigenvalue weighted by Crippen LogP contribution is 2.16. The number of anilines is 1. The van der Waals surface area contributed by atoms with E-state index in [1.54, 1.807) is 0 Å². The number of para-hydroxylation sites is 1. The summed E-state index contributed by atoms with van der Waals surface area (Å²) >= 11 is 3.40. The third-order valence-electron chi connectivity index (χ3n) is 4.74. The maximum Gasteiger partial charge on any atom is 0.126 e. The zero-order valence-electron chi connectivity index (χ0n) is 15.5. The van der Waals surface area contributed by atoms with E-state index in [0.717, 1.165) is 42.9 Å². The number of aliphatic hydroxyl groups is 1. The summed E-state index contributed by atoms with van der Waals surface area (Å²) in [6.07, 6.45) is -0.434. The van der Waals surface area contributed by atoms with Crippen molar-refractivity contribution in [3.05, 3.63) is 59.1 Å². The minimum atomic E-state index is -0.434. The van der Waals surface area contributed by atoms with Crippen molar-refractivity contribution in [2.24, 2.45) is 0 Å². The predicted octanol–water partition coefficient (Wildman–Crippen LogP) is 1.61. The fourth-order valence-electron chi connectivity index (χ4n) is 3.28. The Bertz CT molecular complexity index is 661. The molecule has 2 N–H and O–H groups in total. The lowest BCUT2D eigenvalue weighted by molar-refractivity contribution is -0.903. The van der Waals surface area contributed by atoms with Gasteiger partial charge in [-0.3, -0.25) is 0 Å². The summed E-state index contributed by atoms with van der Waals surface area (Å²) in [6.45, 7) is 6.17. The second kappa shape index (κ2) is 10.7. The molecule has 1 saturated heterocycles. The number of piperazine rings is 1. The Balaban J connectivity index is 1.26. The predicted molar refractivity (Wildman–Crippen MR) is 111 cm³/mol. The van der Waals surface area contributed by atoms with Crippen LogP contribution in [0.4, 0.5) is 5.69 Å². The van der Waals surface area contributed by atoms with Crippen molar-refractivity contribution in [2.45, 2.75) is 6.10 Å². The summed E-state index contributed by atoms with van der Waals surface area (Å²) < 4.78 is 12.2. The van der Waals surface area contributed by atoms with Gasteiger partial charge in [0, 0.05) is 10.2 Å². The van der Waals surface area contributed by atoms with Crippen molar-refractivity contribution < 1.29 is 19.5 Å². The fraction of sp³-hybridized carbons (Fsp3) is 0.429. The zero-order chi connectivity index (χ0) is 18.9. The van der Waals surface area contributed by atoms with E-state index in [4.69, 9.17) is 9.47 Å². The maximum atomic E-state index is 10.2. The normalized spacial score (nSPS) is 16.3. The van der Waals surface area contributed by atoms with Crippen LogP contribution >= 0.6 is 15.9 Å². The summed E-state index contributed by atoms with van der Waals surface area (Å²) in [4.78, 5) is 3.84. The largest absolute Gasteiger partial charge is 0.491 e. The Morgan fingerprint density at radius 3 is 2.41 bits per heavy atom. The van der Waals surface area contributed by atoms with Gasteiger partial charge in [-0.15, -0.1) is 0 Å². The molecule has 5 nitrogen and oxygen atoms in total. The van der Waals surface area contributed by atoms with E-state index in [0.29, 0.717) is 19.8 Å². The highest BCUT2D eigenvalue weighted by atomic mass is 79.9. The minimum absolute atomic E-state index is 0.357. The highest BCUT2D eigenvalue weighted by molar-refractivity contribution is 9.10. The van der Waals surface area contributed by atoms with Gasteiger partial charge in [0.1, 0.15) is 25.0 Å². The third kappa shape index (κ3) is 6.81. The summed E-state index contributed by atoms with van der Waals surface area (Å²) in [7, 11) is 0. The molecule has 1 aliphatic heterocycles. The van der Waals surface area contributed by atoms with Gasteiger partial charge in [0.2, 0.25) is 0 Å². The third-order valence-corrected chi connectivity index (χ3v) is 5.27. The van der Waals surface area contributed by atoms with Gasteiger partial charge in [0.25, 0.3) is 0 Å². The van der Waals surface area contributed by atoms with Crippen LogP contribution < -0.4 is 14.5 Å². The number of hydrogen-bond acceptors (Lipinski definition) is 4. The lowest BCUT2D eigenvalue weighted by Crippen LogP contribution is -3.16. The molecule has 0 unspecified atom stereocenters. The van der Waals surface area contributed by atoms with Gasteiger partial charge < -0.3 is 24.4 Å². The molecular weight excluding hydrogens is 408 g/mol. The molecule has 1 atom stereocenters. The smallest absolute Gasteiger partial charge is 0.126 e. The summed E-state index contributed by atoms with van der Waals surface area (Å²) in [5.74, 6) is 0.822. The van der Waals surface area contributed by atoms with Crippen LogP contribution in [0.1, 0.15) is 0 Å². The first-order valence-corrected chi connectivity index (χ1v) is 10.3. The van der Waals surface area contributed by atoms with E-state index < -0.39 is 6.10 Å². The van der Waals surface area contributed by atoms with Crippen LogP contribution in [0, 0.1) is 0 Å². The highest BCUT2D eigenvalue weighted by Gasteiger charge is 2.22. The summed E-state index contributed by atoms with van der Waals surface area (Å²) in [6, 6.07) is 18.2. The molecule has 1 heterocycles. The van der Waals surface area contributed by atoms with Crippen molar-refractivity contribution in [2.75, 3.05) is 57.4 Å². The van der Waals surface area contributed by atoms with E-state index in [9.17, 15) is 5.11 Å². The van der Waals surface area contributed by atoms with Crippen molar-refractivity contribution in [1.82, 2.24) is 0 Å². The van der Waals surface area contributed by atoms with Crippen molar-refractivity contribution in [3.63, 3.8) is 0 Å². The lowest BCUT2D eigenvalue weighted by Gasteiger charge is -2.34. The minimum Gasteiger partial charge on any atom is -0.491 e. The van der Waals surface area contributed by atoms with Crippen LogP contribution in [0.5, 0.6) is 5.75 Å². The molecule has 0 saturated carbocycles. The van der Waals surface area contributed by atoms with Gasteiger partial charge in [-0.1, -0.05) is 34.1 Å². The molecule has 0 aromatic heterocycles. The van der Waals surface area contributed by atoms with Crippen LogP contribution in [0.3, 0.4) is 0 Å². The van der Waals surface area contributed by atoms with Gasteiger partial charge in [-0.05, 0) is 36.4 Å². The van der Waals surface area contributed by atoms with Crippen molar-refractivity contribution in [1.29, 1.82) is 0 Å². The average Bonchev–Trinajstić information content (AvgIpc) is 2.70. The summed E-state index contributed by atoms with van der Waals surface area (Å²) in [5.41, 5.74) is 1.28. The van der Waals surface area contributed by atoms with Gasteiger partial charge >= 0.3 is 0 Å². The topological polar surface area (TPSA) is 46.4 Å². The molecule has 27 heavy (non-hydrogen) atoms. The Morgan fingerprint density at radius 2 is 1.70 bits per heavy atom. The Labute approximate surface area is 169 Å². The van der Waals surface area contributed by atoms with Gasteiger partial charge in [0.05, 0.1) is 39.4 Å². The van der Waals surface area contributed by atoms with Crippen LogP contribution in [-0.2, 0) is 4.74 Å². The molecule has 0 radical (unpaired) electrons. The van der Waals surface area contributed by atoms with Crippen molar-refractivity contribution >= 4 is 21.6 Å². The van der Waals surface area contributed by atoms with E-state index in [2.05, 4.69) is 45.1 Å². The zero-order valence-corrected chi connectivity index (χ0v) is 17.1. The van der Waals surface area contributed by atoms with E-state index in [1.165, 1.54) is 10.6 Å². The van der Waals surface area contributed by atoms with E-state index in [1.807, 2.05) is 30.3 Å². The first-order valence-electron chi connectivity index (χ1n) is 9.48. The molecule has 0 aliphatic carbocycles. The number of quaternary nitrogens is 1. The number of ether oxygens (including phenoxy) is 2. The van der Waals surface area contributed by atoms with Crippen molar-refractivity contribution in [3.8, 4) is 5.75 Å². The van der Waals surface area contributed by atoms with Crippen LogP contribution in [0.2, 0.25) is 0 Å². The molecule has 1 aliphatic rings. The maximum absolute atomic E-state index is 10.2. The molecule has 0 spiro atoms. The van der Waals surface area contributed by atoms with Crippen LogP contribution in [0.25, 0.3) is 0 Å². The molecular formula is C21H28BrN2O3+. The molecule has 146 valence electrons. The summed E-state index contributed by atoms with van der Waals surface area (Å²) in [5, 5.41) is 10.2. The number of nitrogens with zero attached hydrogens (tertiary/aromatic N) is 1. The SMILES string of the molecule is O[C@H](COCCOc1ccc(Br)cc1)C[NH+]1CCN(c2ccccc2)CC1. The standard InChI is InChI=1S/C21H27BrN2O3/c22-18-6-8-21(9-7-18)27-15-14-26-17-20(25)16-23-10-12-24(13-11-23)19-4-2-1-3-5-19/h1-9,20,25H,10-17H2/p+1/t20-/m0/s1. The average molecular weight is 436 g/mol. The second-order valence-electron chi connectivity index (χ2n) is 6.81.